The van der Waals surface area contributed by atoms with Crippen molar-refractivity contribution < 1.29 is 19.0 Å². The number of ether oxygens (including phenoxy) is 2. The molecule has 0 radical (unpaired) electrons. The van der Waals surface area contributed by atoms with E-state index in [4.69, 9.17) is 9.47 Å². The molecule has 1 aromatic rings. The maximum Gasteiger partial charge on any atom is 0.129 e. The Morgan fingerprint density at radius 1 is 1.35 bits per heavy atom. The average molecular weight is 307 g/mol. The van der Waals surface area contributed by atoms with Crippen LogP contribution in [-0.2, 0) is 9.47 Å². The Hall–Kier alpha value is -0.490. The number of hydrogen-bond acceptors (Lipinski definition) is 3. The van der Waals surface area contributed by atoms with Crippen LogP contribution in [0, 0.1) is 5.82 Å². The van der Waals surface area contributed by atoms with Gasteiger partial charge in [0.1, 0.15) is 5.82 Å². The van der Waals surface area contributed by atoms with Gasteiger partial charge in [-0.1, -0.05) is 15.9 Å². The molecule has 0 bridgehead atoms. The van der Waals surface area contributed by atoms with Crippen LogP contribution >= 0.6 is 15.9 Å². The number of rotatable bonds is 7. The van der Waals surface area contributed by atoms with Gasteiger partial charge >= 0.3 is 0 Å². The topological polar surface area (TPSA) is 38.7 Å². The Kier molecular flexibility index (Phi) is 6.65. The molecule has 0 aliphatic carbocycles. The van der Waals surface area contributed by atoms with Crippen molar-refractivity contribution in [2.45, 2.75) is 12.5 Å². The predicted octanol–water partition coefficient (Wildman–Crippen LogP) is 2.67. The van der Waals surface area contributed by atoms with E-state index in [1.165, 1.54) is 6.07 Å². The van der Waals surface area contributed by atoms with Crippen LogP contribution in [0.15, 0.2) is 22.7 Å². The lowest BCUT2D eigenvalue weighted by Gasteiger charge is -2.12. The standard InChI is InChI=1S/C12H16BrFO3/c1-16-6-7-17-5-4-12(15)10-8-9(13)2-3-11(10)14/h2-3,8,12,15H,4-7H2,1H3. The zero-order valence-electron chi connectivity index (χ0n) is 9.66. The van der Waals surface area contributed by atoms with Crippen LogP contribution in [0.2, 0.25) is 0 Å². The van der Waals surface area contributed by atoms with Crippen LogP contribution in [0.4, 0.5) is 4.39 Å². The normalized spacial score (nSPS) is 12.7. The number of aliphatic hydroxyl groups excluding tert-OH is 1. The van der Waals surface area contributed by atoms with Gasteiger partial charge in [-0.05, 0) is 18.2 Å². The molecule has 0 aliphatic heterocycles. The molecule has 0 aromatic heterocycles. The second kappa shape index (κ2) is 7.76. The molecular formula is C12H16BrFO3. The first kappa shape index (κ1) is 14.6. The monoisotopic (exact) mass is 306 g/mol. The van der Waals surface area contributed by atoms with Crippen molar-refractivity contribution in [3.8, 4) is 0 Å². The molecule has 17 heavy (non-hydrogen) atoms. The molecule has 0 saturated carbocycles. The van der Waals surface area contributed by atoms with Crippen molar-refractivity contribution in [3.05, 3.63) is 34.1 Å². The summed E-state index contributed by atoms with van der Waals surface area (Å²) in [5.41, 5.74) is 0.287. The van der Waals surface area contributed by atoms with Gasteiger partial charge in [-0.3, -0.25) is 0 Å². The van der Waals surface area contributed by atoms with Crippen molar-refractivity contribution in [2.24, 2.45) is 0 Å². The van der Waals surface area contributed by atoms with E-state index in [1.807, 2.05) is 0 Å². The summed E-state index contributed by atoms with van der Waals surface area (Å²) in [5, 5.41) is 9.81. The summed E-state index contributed by atoms with van der Waals surface area (Å²) in [5.74, 6) is -0.405. The van der Waals surface area contributed by atoms with E-state index in [1.54, 1.807) is 19.2 Å². The number of halogens is 2. The minimum Gasteiger partial charge on any atom is -0.388 e. The maximum absolute atomic E-state index is 13.4. The lowest BCUT2D eigenvalue weighted by Crippen LogP contribution is -2.08. The van der Waals surface area contributed by atoms with Gasteiger partial charge in [-0.25, -0.2) is 4.39 Å². The smallest absolute Gasteiger partial charge is 0.129 e. The van der Waals surface area contributed by atoms with Crippen molar-refractivity contribution in [2.75, 3.05) is 26.9 Å². The van der Waals surface area contributed by atoms with E-state index >= 15 is 0 Å². The van der Waals surface area contributed by atoms with Crippen LogP contribution in [0.5, 0.6) is 0 Å². The minimum absolute atomic E-state index is 0.287. The van der Waals surface area contributed by atoms with Gasteiger partial charge < -0.3 is 14.6 Å². The van der Waals surface area contributed by atoms with Crippen molar-refractivity contribution in [1.29, 1.82) is 0 Å². The zero-order valence-corrected chi connectivity index (χ0v) is 11.2. The SMILES string of the molecule is COCCOCCC(O)c1cc(Br)ccc1F. The molecule has 0 amide bonds. The van der Waals surface area contributed by atoms with E-state index in [9.17, 15) is 9.50 Å². The maximum atomic E-state index is 13.4. The molecule has 0 spiro atoms. The van der Waals surface area contributed by atoms with E-state index in [-0.39, 0.29) is 5.56 Å². The Balaban J connectivity index is 2.41. The Labute approximate surface area is 109 Å². The molecule has 96 valence electrons. The van der Waals surface area contributed by atoms with E-state index in [2.05, 4.69) is 15.9 Å². The first-order valence-electron chi connectivity index (χ1n) is 5.35. The first-order chi connectivity index (χ1) is 8.15. The van der Waals surface area contributed by atoms with Crippen LogP contribution in [0.3, 0.4) is 0 Å². The summed E-state index contributed by atoms with van der Waals surface area (Å²) in [7, 11) is 1.59. The number of hydrogen-bond donors (Lipinski definition) is 1. The van der Waals surface area contributed by atoms with Crippen LogP contribution < -0.4 is 0 Å². The quantitative estimate of drug-likeness (QED) is 0.787. The number of aliphatic hydroxyl groups is 1. The first-order valence-corrected chi connectivity index (χ1v) is 6.14. The number of methoxy groups -OCH3 is 1. The molecular weight excluding hydrogens is 291 g/mol. The Morgan fingerprint density at radius 3 is 2.82 bits per heavy atom. The molecule has 3 nitrogen and oxygen atoms in total. The Morgan fingerprint density at radius 2 is 2.12 bits per heavy atom. The highest BCUT2D eigenvalue weighted by Crippen LogP contribution is 2.23. The molecule has 5 heteroatoms. The van der Waals surface area contributed by atoms with E-state index in [0.717, 1.165) is 4.47 Å². The zero-order chi connectivity index (χ0) is 12.7. The molecule has 1 rings (SSSR count). The molecule has 1 N–H and O–H groups in total. The van der Waals surface area contributed by atoms with Crippen molar-refractivity contribution in [1.82, 2.24) is 0 Å². The second-order valence-corrected chi connectivity index (χ2v) is 4.49. The molecule has 0 aliphatic rings. The predicted molar refractivity (Wildman–Crippen MR) is 66.4 cm³/mol. The molecule has 0 saturated heterocycles. The van der Waals surface area contributed by atoms with Gasteiger partial charge in [0.15, 0.2) is 0 Å². The fraction of sp³-hybridized carbons (Fsp3) is 0.500. The summed E-state index contributed by atoms with van der Waals surface area (Å²) >= 11 is 3.24. The third-order valence-corrected chi connectivity index (χ3v) is 2.78. The molecule has 1 aromatic carbocycles. The van der Waals surface area contributed by atoms with Crippen LogP contribution in [0.1, 0.15) is 18.1 Å². The number of benzene rings is 1. The molecule has 1 unspecified atom stereocenters. The fourth-order valence-corrected chi connectivity index (χ4v) is 1.74. The van der Waals surface area contributed by atoms with Crippen LogP contribution in [0.25, 0.3) is 0 Å². The minimum atomic E-state index is -0.852. The summed E-state index contributed by atoms with van der Waals surface area (Å²) < 4.78 is 24.2. The van der Waals surface area contributed by atoms with Gasteiger partial charge in [-0.15, -0.1) is 0 Å². The largest absolute Gasteiger partial charge is 0.388 e. The van der Waals surface area contributed by atoms with Gasteiger partial charge in [0.25, 0.3) is 0 Å². The van der Waals surface area contributed by atoms with Gasteiger partial charge in [0.2, 0.25) is 0 Å². The fourth-order valence-electron chi connectivity index (χ4n) is 1.36. The van der Waals surface area contributed by atoms with Gasteiger partial charge in [0.05, 0.1) is 19.3 Å². The lowest BCUT2D eigenvalue weighted by molar-refractivity contribution is 0.0468. The Bertz CT molecular complexity index is 347. The third kappa shape index (κ3) is 5.12. The van der Waals surface area contributed by atoms with E-state index < -0.39 is 11.9 Å². The highest BCUT2D eigenvalue weighted by atomic mass is 79.9. The molecule has 0 heterocycles. The molecule has 1 atom stereocenters. The highest BCUT2D eigenvalue weighted by molar-refractivity contribution is 9.10. The lowest BCUT2D eigenvalue weighted by atomic mass is 10.1. The summed E-state index contributed by atoms with van der Waals surface area (Å²) in [6, 6.07) is 4.50. The average Bonchev–Trinajstić information content (AvgIpc) is 2.32. The summed E-state index contributed by atoms with van der Waals surface area (Å²) in [6.45, 7) is 1.36. The van der Waals surface area contributed by atoms with Crippen molar-refractivity contribution >= 4 is 15.9 Å². The summed E-state index contributed by atoms with van der Waals surface area (Å²) in [6.07, 6.45) is -0.494. The van der Waals surface area contributed by atoms with Crippen LogP contribution in [-0.4, -0.2) is 32.0 Å². The van der Waals surface area contributed by atoms with Crippen molar-refractivity contribution in [3.63, 3.8) is 0 Å². The van der Waals surface area contributed by atoms with Gasteiger partial charge in [-0.2, -0.15) is 0 Å². The highest BCUT2D eigenvalue weighted by Gasteiger charge is 2.12. The molecule has 0 fully saturated rings. The van der Waals surface area contributed by atoms with E-state index in [0.29, 0.717) is 26.2 Å². The summed E-state index contributed by atoms with van der Waals surface area (Å²) in [4.78, 5) is 0. The van der Waals surface area contributed by atoms with Gasteiger partial charge in [0, 0.05) is 30.2 Å². The third-order valence-electron chi connectivity index (χ3n) is 2.28. The second-order valence-electron chi connectivity index (χ2n) is 3.58.